The Balaban J connectivity index is 1.87. The van der Waals surface area contributed by atoms with E-state index in [1.165, 1.54) is 11.7 Å². The average Bonchev–Trinajstić information content (AvgIpc) is 3.02. The standard InChI is InChI=1S/C10H9N7OS/c1-5-2-3-6(8-7(5)16-19-17-8)4-12-13-10-9(11)14-18-15-10/h2-4H,1H3,(H2,11,14)(H,13,15)/b12-4+. The molecule has 0 radical (unpaired) electrons. The van der Waals surface area contributed by atoms with E-state index in [9.17, 15) is 0 Å². The highest BCUT2D eigenvalue weighted by Gasteiger charge is 2.07. The molecule has 0 bridgehead atoms. The monoisotopic (exact) mass is 275 g/mol. The van der Waals surface area contributed by atoms with Gasteiger partial charge in [-0.25, -0.2) is 4.63 Å². The summed E-state index contributed by atoms with van der Waals surface area (Å²) in [4.78, 5) is 0. The Bertz CT molecular complexity index is 747. The topological polar surface area (TPSA) is 115 Å². The molecule has 0 aliphatic rings. The van der Waals surface area contributed by atoms with Crippen LogP contribution in [-0.4, -0.2) is 25.3 Å². The lowest BCUT2D eigenvalue weighted by Gasteiger charge is -1.97. The van der Waals surface area contributed by atoms with Gasteiger partial charge in [0, 0.05) is 5.56 Å². The molecule has 19 heavy (non-hydrogen) atoms. The second-order valence-corrected chi connectivity index (χ2v) is 4.33. The predicted octanol–water partition coefficient (Wildman–Crippen LogP) is 1.41. The molecule has 2 aromatic heterocycles. The molecule has 0 fully saturated rings. The van der Waals surface area contributed by atoms with Crippen molar-refractivity contribution >= 4 is 40.6 Å². The van der Waals surface area contributed by atoms with Crippen LogP contribution in [0, 0.1) is 6.92 Å². The summed E-state index contributed by atoms with van der Waals surface area (Å²) in [6.07, 6.45) is 1.62. The van der Waals surface area contributed by atoms with Gasteiger partial charge in [0.15, 0.2) is 0 Å². The summed E-state index contributed by atoms with van der Waals surface area (Å²) in [5.41, 5.74) is 11.8. The first-order chi connectivity index (χ1) is 9.25. The van der Waals surface area contributed by atoms with Gasteiger partial charge in [-0.3, -0.25) is 5.43 Å². The molecule has 8 nitrogen and oxygen atoms in total. The zero-order valence-corrected chi connectivity index (χ0v) is 10.7. The molecular weight excluding hydrogens is 266 g/mol. The molecule has 0 aliphatic carbocycles. The third-order valence-corrected chi connectivity index (χ3v) is 3.06. The molecule has 3 rings (SSSR count). The fourth-order valence-corrected chi connectivity index (χ4v) is 2.18. The Hall–Kier alpha value is -2.55. The summed E-state index contributed by atoms with van der Waals surface area (Å²) in [5, 5.41) is 11.0. The fraction of sp³-hybridized carbons (Fsp3) is 0.100. The largest absolute Gasteiger partial charge is 0.378 e. The molecule has 0 amide bonds. The molecule has 0 aliphatic heterocycles. The predicted molar refractivity (Wildman–Crippen MR) is 72.1 cm³/mol. The van der Waals surface area contributed by atoms with Gasteiger partial charge in [-0.2, -0.15) is 13.8 Å². The number of hydrazone groups is 1. The van der Waals surface area contributed by atoms with E-state index in [1.54, 1.807) is 6.21 Å². The van der Waals surface area contributed by atoms with Crippen LogP contribution >= 0.6 is 11.7 Å². The minimum absolute atomic E-state index is 0.154. The van der Waals surface area contributed by atoms with Gasteiger partial charge in [0.25, 0.3) is 0 Å². The molecule has 0 spiro atoms. The molecule has 3 N–H and O–H groups in total. The zero-order valence-electron chi connectivity index (χ0n) is 9.86. The van der Waals surface area contributed by atoms with Gasteiger partial charge in [0.05, 0.1) is 17.9 Å². The van der Waals surface area contributed by atoms with Crippen LogP contribution in [0.25, 0.3) is 11.0 Å². The van der Waals surface area contributed by atoms with Gasteiger partial charge in [-0.15, -0.1) is 0 Å². The summed E-state index contributed by atoms with van der Waals surface area (Å²) in [7, 11) is 0. The molecule has 96 valence electrons. The number of nitrogens with one attached hydrogen (secondary N) is 1. The zero-order chi connectivity index (χ0) is 13.2. The van der Waals surface area contributed by atoms with E-state index in [0.717, 1.165) is 22.2 Å². The highest BCUT2D eigenvalue weighted by molar-refractivity contribution is 7.00. The number of aryl methyl sites for hydroxylation is 1. The summed E-state index contributed by atoms with van der Waals surface area (Å²) in [6.45, 7) is 1.99. The maximum absolute atomic E-state index is 5.49. The lowest BCUT2D eigenvalue weighted by atomic mass is 10.1. The number of fused-ring (bicyclic) bond motifs is 1. The quantitative estimate of drug-likeness (QED) is 0.548. The van der Waals surface area contributed by atoms with E-state index in [0.29, 0.717) is 0 Å². The van der Waals surface area contributed by atoms with Crippen molar-refractivity contribution in [1.82, 2.24) is 19.1 Å². The molecular formula is C10H9N7OS. The van der Waals surface area contributed by atoms with Gasteiger partial charge in [-0.05, 0) is 22.8 Å². The minimum atomic E-state index is 0.154. The van der Waals surface area contributed by atoms with Crippen molar-refractivity contribution in [2.75, 3.05) is 11.2 Å². The summed E-state index contributed by atoms with van der Waals surface area (Å²) in [5.74, 6) is 0.428. The van der Waals surface area contributed by atoms with Crippen molar-refractivity contribution < 1.29 is 4.63 Å². The maximum atomic E-state index is 5.49. The molecule has 9 heteroatoms. The van der Waals surface area contributed by atoms with Gasteiger partial charge in [0.2, 0.25) is 11.6 Å². The van der Waals surface area contributed by atoms with Crippen molar-refractivity contribution in [3.63, 3.8) is 0 Å². The normalized spacial score (nSPS) is 11.4. The van der Waals surface area contributed by atoms with E-state index in [4.69, 9.17) is 5.73 Å². The number of nitrogens with two attached hydrogens (primary N) is 1. The highest BCUT2D eigenvalue weighted by atomic mass is 32.1. The molecule has 0 saturated heterocycles. The number of nitrogen functional groups attached to an aromatic ring is 1. The second kappa shape index (κ2) is 4.61. The molecule has 1 aromatic carbocycles. The summed E-state index contributed by atoms with van der Waals surface area (Å²) in [6, 6.07) is 3.89. The molecule has 0 unspecified atom stereocenters. The van der Waals surface area contributed by atoms with Crippen LogP contribution in [0.5, 0.6) is 0 Å². The van der Waals surface area contributed by atoms with E-state index in [2.05, 4.69) is 34.2 Å². The Morgan fingerprint density at radius 1 is 1.32 bits per heavy atom. The highest BCUT2D eigenvalue weighted by Crippen LogP contribution is 2.19. The molecule has 0 saturated carbocycles. The van der Waals surface area contributed by atoms with Gasteiger partial charge in [-0.1, -0.05) is 12.1 Å². The van der Waals surface area contributed by atoms with Gasteiger partial charge >= 0.3 is 0 Å². The lowest BCUT2D eigenvalue weighted by Crippen LogP contribution is -1.96. The molecule has 0 atom stereocenters. The Morgan fingerprint density at radius 3 is 2.95 bits per heavy atom. The maximum Gasteiger partial charge on any atom is 0.235 e. The van der Waals surface area contributed by atoms with Crippen LogP contribution in [0.1, 0.15) is 11.1 Å². The molecule has 2 heterocycles. The Kier molecular flexibility index (Phi) is 2.80. The first-order valence-corrected chi connectivity index (χ1v) is 6.07. The van der Waals surface area contributed by atoms with Gasteiger partial charge in [0.1, 0.15) is 11.0 Å². The number of hydrogen-bond acceptors (Lipinski definition) is 9. The van der Waals surface area contributed by atoms with E-state index >= 15 is 0 Å². The number of aromatic nitrogens is 4. The van der Waals surface area contributed by atoms with Crippen LogP contribution in [0.15, 0.2) is 21.9 Å². The third-order valence-electron chi connectivity index (χ3n) is 2.54. The van der Waals surface area contributed by atoms with E-state index in [-0.39, 0.29) is 11.6 Å². The van der Waals surface area contributed by atoms with Crippen molar-refractivity contribution in [3.05, 3.63) is 23.3 Å². The number of benzene rings is 1. The number of nitrogens with zero attached hydrogens (tertiary/aromatic N) is 5. The van der Waals surface area contributed by atoms with Crippen LogP contribution in [0.4, 0.5) is 11.6 Å². The number of anilines is 2. The minimum Gasteiger partial charge on any atom is -0.378 e. The Labute approximate surface area is 111 Å². The average molecular weight is 275 g/mol. The van der Waals surface area contributed by atoms with Crippen LogP contribution in [-0.2, 0) is 0 Å². The van der Waals surface area contributed by atoms with E-state index in [1.807, 2.05) is 19.1 Å². The van der Waals surface area contributed by atoms with Crippen molar-refractivity contribution in [1.29, 1.82) is 0 Å². The van der Waals surface area contributed by atoms with E-state index < -0.39 is 0 Å². The first-order valence-electron chi connectivity index (χ1n) is 5.34. The van der Waals surface area contributed by atoms with Crippen molar-refractivity contribution in [2.45, 2.75) is 6.92 Å². The molecule has 3 aromatic rings. The first kappa shape index (κ1) is 11.5. The third kappa shape index (κ3) is 2.10. The Morgan fingerprint density at radius 2 is 2.16 bits per heavy atom. The van der Waals surface area contributed by atoms with Crippen molar-refractivity contribution in [3.8, 4) is 0 Å². The fourth-order valence-electron chi connectivity index (χ4n) is 1.55. The van der Waals surface area contributed by atoms with Crippen molar-refractivity contribution in [2.24, 2.45) is 5.10 Å². The van der Waals surface area contributed by atoms with Crippen LogP contribution < -0.4 is 11.2 Å². The second-order valence-electron chi connectivity index (χ2n) is 3.80. The lowest BCUT2D eigenvalue weighted by molar-refractivity contribution is 0.310. The van der Waals surface area contributed by atoms with Gasteiger partial charge < -0.3 is 5.73 Å². The number of hydrogen-bond donors (Lipinski definition) is 2. The SMILES string of the molecule is Cc1ccc(/C=N/Nc2nonc2N)c2nsnc12. The summed E-state index contributed by atoms with van der Waals surface area (Å²) >= 11 is 1.18. The van der Waals surface area contributed by atoms with Crippen LogP contribution in [0.2, 0.25) is 0 Å². The number of rotatable bonds is 3. The van der Waals surface area contributed by atoms with Crippen LogP contribution in [0.3, 0.4) is 0 Å². The summed E-state index contributed by atoms with van der Waals surface area (Å²) < 4.78 is 12.9. The smallest absolute Gasteiger partial charge is 0.235 e.